The van der Waals surface area contributed by atoms with Gasteiger partial charge in [0.15, 0.2) is 18.9 Å². The first-order valence-corrected chi connectivity index (χ1v) is 16.8. The van der Waals surface area contributed by atoms with Crippen molar-refractivity contribution in [1.82, 2.24) is 10.2 Å². The summed E-state index contributed by atoms with van der Waals surface area (Å²) in [7, 11) is 0. The zero-order valence-corrected chi connectivity index (χ0v) is 25.5. The van der Waals surface area contributed by atoms with Gasteiger partial charge in [-0.2, -0.15) is 0 Å². The number of aliphatic carboxylic acids is 2. The van der Waals surface area contributed by atoms with E-state index in [4.69, 9.17) is 28.3 Å². The second kappa shape index (κ2) is 14.2. The van der Waals surface area contributed by atoms with E-state index in [1.165, 1.54) is 51.9 Å². The Balaban J connectivity index is 1.31. The number of rotatable bonds is 13. The minimum Gasteiger partial charge on any atom is -0.481 e. The summed E-state index contributed by atoms with van der Waals surface area (Å²) < 4.78 is 1.96. The summed E-state index contributed by atoms with van der Waals surface area (Å²) in [4.78, 5) is 51.1. The van der Waals surface area contributed by atoms with Crippen molar-refractivity contribution in [3.63, 3.8) is 0 Å². The molecule has 3 heterocycles. The number of nitrogens with one attached hydrogen (secondary N) is 1. The lowest BCUT2D eigenvalue weighted by atomic mass is 10.0. The lowest BCUT2D eigenvalue weighted by Gasteiger charge is -2.49. The molecule has 2 aliphatic rings. The van der Waals surface area contributed by atoms with Gasteiger partial charge in [-0.15, -0.1) is 47.0 Å². The van der Waals surface area contributed by atoms with Gasteiger partial charge in [0.1, 0.15) is 17.1 Å². The third-order valence-electron chi connectivity index (χ3n) is 5.81. The van der Waals surface area contributed by atoms with Crippen molar-refractivity contribution in [3.05, 3.63) is 64.0 Å². The third-order valence-corrected chi connectivity index (χ3v) is 10.9. The van der Waals surface area contributed by atoms with Gasteiger partial charge < -0.3 is 15.5 Å². The molecule has 212 valence electrons. The van der Waals surface area contributed by atoms with Gasteiger partial charge in [0.05, 0.1) is 22.3 Å². The lowest BCUT2D eigenvalue weighted by Crippen LogP contribution is -2.70. The molecule has 2 atom stereocenters. The van der Waals surface area contributed by atoms with Crippen LogP contribution in [0.2, 0.25) is 10.0 Å². The van der Waals surface area contributed by atoms with E-state index in [-0.39, 0.29) is 23.1 Å². The highest BCUT2D eigenvalue weighted by atomic mass is 35.5. The number of halogens is 2. The van der Waals surface area contributed by atoms with Crippen molar-refractivity contribution >= 4 is 94.0 Å². The second-order valence-corrected chi connectivity index (χ2v) is 13.7. The van der Waals surface area contributed by atoms with Crippen LogP contribution in [-0.4, -0.2) is 79.0 Å². The van der Waals surface area contributed by atoms with Crippen molar-refractivity contribution < 1.29 is 34.0 Å². The monoisotopic (exact) mass is 660 g/mol. The minimum absolute atomic E-state index is 0.0201. The highest BCUT2D eigenvalue weighted by molar-refractivity contribution is 8.01. The molecule has 1 saturated heterocycles. The summed E-state index contributed by atoms with van der Waals surface area (Å²) in [6.07, 6.45) is 3.79. The first-order valence-electron chi connectivity index (χ1n) is 11.8. The highest BCUT2D eigenvalue weighted by Crippen LogP contribution is 2.41. The Morgan fingerprint density at radius 2 is 1.85 bits per heavy atom. The van der Waals surface area contributed by atoms with E-state index in [0.29, 0.717) is 44.3 Å². The van der Waals surface area contributed by atoms with Gasteiger partial charge in [-0.05, 0) is 23.8 Å². The molecule has 15 heteroatoms. The maximum absolute atomic E-state index is 12.9. The number of carbonyl (C=O) groups is 4. The lowest BCUT2D eigenvalue weighted by molar-refractivity contribution is -0.692. The van der Waals surface area contributed by atoms with E-state index in [1.807, 2.05) is 29.1 Å². The number of hydrogen-bond donors (Lipinski definition) is 3. The van der Waals surface area contributed by atoms with E-state index in [0.717, 1.165) is 4.90 Å². The van der Waals surface area contributed by atoms with Crippen molar-refractivity contribution in [3.8, 4) is 0 Å². The summed E-state index contributed by atoms with van der Waals surface area (Å²) >= 11 is 17.6. The topological polar surface area (TPSA) is 128 Å². The molecule has 2 aromatic rings. The van der Waals surface area contributed by atoms with Crippen LogP contribution in [0.5, 0.6) is 0 Å². The van der Waals surface area contributed by atoms with Crippen LogP contribution in [0.1, 0.15) is 0 Å². The van der Waals surface area contributed by atoms with Crippen molar-refractivity contribution in [2.45, 2.75) is 27.8 Å². The first-order chi connectivity index (χ1) is 19.1. The molecule has 4 rings (SSSR count). The van der Waals surface area contributed by atoms with E-state index >= 15 is 0 Å². The molecule has 2 amide bonds. The van der Waals surface area contributed by atoms with Gasteiger partial charge in [-0.3, -0.25) is 19.3 Å². The molecule has 0 spiro atoms. The smallest absolute Gasteiger partial charge is 0.352 e. The molecule has 1 fully saturated rings. The molecule has 1 aromatic heterocycles. The number of nitrogens with zero attached hydrogens (tertiary/aromatic N) is 2. The number of pyridine rings is 1. The summed E-state index contributed by atoms with van der Waals surface area (Å²) in [5, 5.41) is 21.9. The zero-order valence-electron chi connectivity index (χ0n) is 20.7. The van der Waals surface area contributed by atoms with Crippen molar-refractivity contribution in [2.24, 2.45) is 0 Å². The fourth-order valence-electron chi connectivity index (χ4n) is 3.93. The Bertz CT molecular complexity index is 1340. The van der Waals surface area contributed by atoms with Gasteiger partial charge in [0.25, 0.3) is 5.91 Å². The molecule has 2 aliphatic heterocycles. The van der Waals surface area contributed by atoms with Gasteiger partial charge in [-0.25, -0.2) is 9.36 Å². The summed E-state index contributed by atoms with van der Waals surface area (Å²) in [6, 6.07) is 8.00. The van der Waals surface area contributed by atoms with Crippen molar-refractivity contribution in [2.75, 3.05) is 28.8 Å². The summed E-state index contributed by atoms with van der Waals surface area (Å²) in [5.41, 5.74) is 0.623. The number of aromatic nitrogens is 1. The molecular formula is C25H24Cl2N3O6S4+. The number of benzene rings is 1. The van der Waals surface area contributed by atoms with Gasteiger partial charge in [0.2, 0.25) is 5.91 Å². The molecule has 1 aromatic carbocycles. The summed E-state index contributed by atoms with van der Waals surface area (Å²) in [6.45, 7) is 0.678. The number of aryl methyl sites for hydroxylation is 1. The normalized spacial score (nSPS) is 18.2. The molecule has 3 N–H and O–H groups in total. The average Bonchev–Trinajstić information content (AvgIpc) is 2.93. The number of thioether (sulfide) groups is 4. The number of carbonyl (C=O) groups excluding carboxylic acids is 2. The van der Waals surface area contributed by atoms with Crippen LogP contribution in [0.25, 0.3) is 0 Å². The van der Waals surface area contributed by atoms with E-state index < -0.39 is 29.3 Å². The van der Waals surface area contributed by atoms with E-state index in [1.54, 1.807) is 18.2 Å². The van der Waals surface area contributed by atoms with Gasteiger partial charge in [-0.1, -0.05) is 23.2 Å². The Morgan fingerprint density at radius 1 is 1.10 bits per heavy atom. The molecule has 40 heavy (non-hydrogen) atoms. The number of carboxylic acids is 2. The molecule has 0 radical (unpaired) electrons. The van der Waals surface area contributed by atoms with Crippen LogP contribution in [0.15, 0.2) is 63.8 Å². The second-order valence-electron chi connectivity index (χ2n) is 8.58. The number of fused-ring (bicyclic) bond motifs is 1. The van der Waals surface area contributed by atoms with Crippen LogP contribution in [0, 0.1) is 0 Å². The predicted molar refractivity (Wildman–Crippen MR) is 159 cm³/mol. The average molecular weight is 662 g/mol. The van der Waals surface area contributed by atoms with Gasteiger partial charge >= 0.3 is 11.9 Å². The maximum Gasteiger partial charge on any atom is 0.352 e. The molecule has 9 nitrogen and oxygen atoms in total. The quantitative estimate of drug-likeness (QED) is 0.127. The van der Waals surface area contributed by atoms with Crippen LogP contribution in [0.4, 0.5) is 0 Å². The first kappa shape index (κ1) is 30.9. The van der Waals surface area contributed by atoms with E-state index in [2.05, 4.69) is 5.32 Å². The van der Waals surface area contributed by atoms with E-state index in [9.17, 15) is 24.3 Å². The van der Waals surface area contributed by atoms with Gasteiger partial charge in [0, 0.05) is 38.5 Å². The fourth-order valence-corrected chi connectivity index (χ4v) is 8.26. The standard InChI is InChI=1S/C25H23Cl2N3O6S4/c26-15-1-2-17(27)18(9-15)39-12-19(31)28-21-23(34)30-22(25(35)36)14(11-40-24(21)30)10-38-16-3-5-29(6-4-16)7-8-37-13-20(32)33/h1-6,9,21,24H,7-8,10-13H2,(H2-,28,31,32,33,35,36)/p+1/t21-,24+/m0/s1. The largest absolute Gasteiger partial charge is 0.481 e. The third kappa shape index (κ3) is 7.83. The van der Waals surface area contributed by atoms with Crippen LogP contribution in [-0.2, 0) is 25.7 Å². The summed E-state index contributed by atoms with van der Waals surface area (Å²) in [5.74, 6) is -1.21. The number of hydrogen-bond acceptors (Lipinski definition) is 8. The Morgan fingerprint density at radius 3 is 2.55 bits per heavy atom. The molecule has 0 bridgehead atoms. The molecule has 0 aliphatic carbocycles. The fraction of sp³-hybridized carbons (Fsp3) is 0.320. The Labute approximate surface area is 257 Å². The Hall–Kier alpha value is -2.03. The molecular weight excluding hydrogens is 637 g/mol. The SMILES string of the molecule is O=C(O)CSCC[n+]1ccc(SCC2=C(C(=O)O)N3C(=O)[C@H](NC(=O)CSc4cc(Cl)ccc4Cl)[C@H]3SC2)cc1. The molecule has 0 unspecified atom stereocenters. The van der Waals surface area contributed by atoms with Crippen LogP contribution < -0.4 is 9.88 Å². The van der Waals surface area contributed by atoms with Crippen molar-refractivity contribution in [1.29, 1.82) is 0 Å². The number of carboxylic acid groups (broad SMARTS) is 2. The molecule has 0 saturated carbocycles. The Kier molecular flexibility index (Phi) is 11.0. The zero-order chi connectivity index (χ0) is 28.8. The van der Waals surface area contributed by atoms with Crippen LogP contribution in [0.3, 0.4) is 0 Å². The van der Waals surface area contributed by atoms with Crippen LogP contribution >= 0.6 is 70.2 Å². The predicted octanol–water partition coefficient (Wildman–Crippen LogP) is 3.72. The highest BCUT2D eigenvalue weighted by Gasteiger charge is 2.54. The number of amides is 2. The number of β-lactam (4-membered cyclic amide) rings is 1. The minimum atomic E-state index is -1.17. The maximum atomic E-state index is 12.9.